The summed E-state index contributed by atoms with van der Waals surface area (Å²) in [6, 6.07) is 11.5. The lowest BCUT2D eigenvalue weighted by molar-refractivity contribution is 0.422. The van der Waals surface area contributed by atoms with Gasteiger partial charge in [0.2, 0.25) is 6.08 Å². The van der Waals surface area contributed by atoms with Gasteiger partial charge in [0.1, 0.15) is 0 Å². The quantitative estimate of drug-likeness (QED) is 0.564. The minimum atomic E-state index is 0.191. The van der Waals surface area contributed by atoms with Gasteiger partial charge in [-0.25, -0.2) is 4.79 Å². The number of carbonyl (C=O) groups excluding carboxylic acids is 1. The highest BCUT2D eigenvalue weighted by molar-refractivity contribution is 5.43. The molecule has 1 aromatic heterocycles. The molecule has 74 valence electrons. The molecule has 2 rings (SSSR count). The van der Waals surface area contributed by atoms with Gasteiger partial charge in [-0.3, -0.25) is 0 Å². The molecule has 0 spiro atoms. The lowest BCUT2D eigenvalue weighted by atomic mass is 10.1. The molecule has 4 heteroatoms. The molecule has 0 aliphatic rings. The van der Waals surface area contributed by atoms with Crippen LogP contribution < -0.4 is 0 Å². The zero-order valence-corrected chi connectivity index (χ0v) is 7.88. The molecule has 0 saturated heterocycles. The van der Waals surface area contributed by atoms with Gasteiger partial charge in [0.05, 0.1) is 5.69 Å². The minimum absolute atomic E-state index is 0.191. The van der Waals surface area contributed by atoms with E-state index < -0.39 is 0 Å². The van der Waals surface area contributed by atoms with Crippen molar-refractivity contribution in [3.8, 4) is 0 Å². The van der Waals surface area contributed by atoms with Crippen molar-refractivity contribution < 1.29 is 9.32 Å². The molecule has 1 heterocycles. The summed E-state index contributed by atoms with van der Waals surface area (Å²) in [6.45, 7) is 0. The van der Waals surface area contributed by atoms with Gasteiger partial charge in [0.25, 0.3) is 5.88 Å². The molecular formula is C11H8N2O2. The van der Waals surface area contributed by atoms with Gasteiger partial charge in [-0.2, -0.15) is 0 Å². The summed E-state index contributed by atoms with van der Waals surface area (Å²) in [5.74, 6) is 0.191. The first-order valence-corrected chi connectivity index (χ1v) is 4.46. The molecule has 0 radical (unpaired) electrons. The average Bonchev–Trinajstić information content (AvgIpc) is 2.68. The maximum absolute atomic E-state index is 9.96. The number of hydrogen-bond donors (Lipinski definition) is 0. The van der Waals surface area contributed by atoms with Crippen LogP contribution in [0.1, 0.15) is 11.3 Å². The Bertz CT molecular complexity index is 484. The normalized spacial score (nSPS) is 9.60. The van der Waals surface area contributed by atoms with Crippen LogP contribution in [-0.4, -0.2) is 11.2 Å². The second kappa shape index (κ2) is 4.35. The molecule has 0 aliphatic carbocycles. The van der Waals surface area contributed by atoms with Crippen LogP contribution >= 0.6 is 0 Å². The number of nitrogens with zero attached hydrogens (tertiary/aromatic N) is 2. The Labute approximate surface area is 86.2 Å². The smallest absolute Gasteiger partial charge is 0.261 e. The first kappa shape index (κ1) is 9.37. The molecule has 1 aromatic carbocycles. The Kier molecular flexibility index (Phi) is 2.72. The molecule has 0 aliphatic heterocycles. The molecule has 0 unspecified atom stereocenters. The highest BCUT2D eigenvalue weighted by Crippen LogP contribution is 2.15. The molecule has 0 atom stereocenters. The second-order valence-corrected chi connectivity index (χ2v) is 3.02. The van der Waals surface area contributed by atoms with Gasteiger partial charge in [-0.15, -0.1) is 4.99 Å². The van der Waals surface area contributed by atoms with E-state index in [0.717, 1.165) is 11.3 Å². The summed E-state index contributed by atoms with van der Waals surface area (Å²) >= 11 is 0. The third kappa shape index (κ3) is 2.39. The molecule has 0 saturated carbocycles. The van der Waals surface area contributed by atoms with Crippen molar-refractivity contribution >= 4 is 12.0 Å². The average molecular weight is 200 g/mol. The van der Waals surface area contributed by atoms with E-state index in [4.69, 9.17) is 4.52 Å². The molecule has 2 aromatic rings. The summed E-state index contributed by atoms with van der Waals surface area (Å²) in [5.41, 5.74) is 1.88. The zero-order valence-electron chi connectivity index (χ0n) is 7.88. The monoisotopic (exact) mass is 200 g/mol. The number of benzene rings is 1. The standard InChI is InChI=1S/C11H8N2O2/c14-8-12-11-7-10(13-15-11)6-9-4-2-1-3-5-9/h1-5,7H,6H2. The Morgan fingerprint density at radius 1 is 1.33 bits per heavy atom. The number of hydrogen-bond acceptors (Lipinski definition) is 4. The maximum atomic E-state index is 9.96. The molecule has 4 nitrogen and oxygen atoms in total. The summed E-state index contributed by atoms with van der Waals surface area (Å²) in [5, 5.41) is 3.78. The fourth-order valence-electron chi connectivity index (χ4n) is 1.29. The van der Waals surface area contributed by atoms with Crippen molar-refractivity contribution in [1.29, 1.82) is 0 Å². The van der Waals surface area contributed by atoms with E-state index in [0.29, 0.717) is 6.42 Å². The Balaban J connectivity index is 2.15. The first-order valence-electron chi connectivity index (χ1n) is 4.46. The highest BCUT2D eigenvalue weighted by Gasteiger charge is 2.03. The third-order valence-corrected chi connectivity index (χ3v) is 1.93. The van der Waals surface area contributed by atoms with Crippen LogP contribution in [0.25, 0.3) is 0 Å². The summed E-state index contributed by atoms with van der Waals surface area (Å²) in [4.78, 5) is 13.3. The maximum Gasteiger partial charge on any atom is 0.261 e. The van der Waals surface area contributed by atoms with E-state index in [1.165, 1.54) is 6.08 Å². The SMILES string of the molecule is O=C=Nc1cc(Cc2ccccc2)no1. The van der Waals surface area contributed by atoms with Crippen LogP contribution in [0.3, 0.4) is 0 Å². The van der Waals surface area contributed by atoms with Crippen LogP contribution in [0.2, 0.25) is 0 Å². The van der Waals surface area contributed by atoms with Crippen molar-refractivity contribution in [2.24, 2.45) is 4.99 Å². The number of aromatic nitrogens is 1. The molecule has 0 N–H and O–H groups in total. The van der Waals surface area contributed by atoms with Gasteiger partial charge < -0.3 is 4.52 Å². The number of isocyanates is 1. The molecule has 0 fully saturated rings. The predicted octanol–water partition coefficient (Wildman–Crippen LogP) is 2.23. The van der Waals surface area contributed by atoms with Gasteiger partial charge in [0.15, 0.2) is 0 Å². The van der Waals surface area contributed by atoms with Crippen LogP contribution in [0.4, 0.5) is 5.88 Å². The lowest BCUT2D eigenvalue weighted by Crippen LogP contribution is -1.86. The Hall–Kier alpha value is -2.19. The summed E-state index contributed by atoms with van der Waals surface area (Å²) in [7, 11) is 0. The van der Waals surface area contributed by atoms with Crippen LogP contribution in [0.5, 0.6) is 0 Å². The Morgan fingerprint density at radius 3 is 2.87 bits per heavy atom. The zero-order chi connectivity index (χ0) is 10.5. The van der Waals surface area contributed by atoms with Gasteiger partial charge in [0, 0.05) is 12.5 Å². The molecule has 15 heavy (non-hydrogen) atoms. The summed E-state index contributed by atoms with van der Waals surface area (Å²) in [6.07, 6.45) is 2.07. The molecular weight excluding hydrogens is 192 g/mol. The van der Waals surface area contributed by atoms with Gasteiger partial charge >= 0.3 is 0 Å². The summed E-state index contributed by atoms with van der Waals surface area (Å²) < 4.78 is 4.80. The van der Waals surface area contributed by atoms with E-state index in [1.54, 1.807) is 6.07 Å². The van der Waals surface area contributed by atoms with Crippen molar-refractivity contribution in [2.45, 2.75) is 6.42 Å². The third-order valence-electron chi connectivity index (χ3n) is 1.93. The molecule has 0 bridgehead atoms. The predicted molar refractivity (Wildman–Crippen MR) is 53.5 cm³/mol. The second-order valence-electron chi connectivity index (χ2n) is 3.02. The Morgan fingerprint density at radius 2 is 2.13 bits per heavy atom. The first-order chi connectivity index (χ1) is 7.38. The van der Waals surface area contributed by atoms with Crippen molar-refractivity contribution in [3.05, 3.63) is 47.7 Å². The fraction of sp³-hybridized carbons (Fsp3) is 0.0909. The van der Waals surface area contributed by atoms with Crippen molar-refractivity contribution in [3.63, 3.8) is 0 Å². The van der Waals surface area contributed by atoms with E-state index in [-0.39, 0.29) is 5.88 Å². The number of aliphatic imine (C=N–C) groups is 1. The van der Waals surface area contributed by atoms with Gasteiger partial charge in [-0.05, 0) is 5.56 Å². The highest BCUT2D eigenvalue weighted by atomic mass is 16.5. The number of rotatable bonds is 3. The lowest BCUT2D eigenvalue weighted by Gasteiger charge is -1.94. The van der Waals surface area contributed by atoms with Gasteiger partial charge in [-0.1, -0.05) is 35.5 Å². The van der Waals surface area contributed by atoms with Crippen molar-refractivity contribution in [1.82, 2.24) is 5.16 Å². The van der Waals surface area contributed by atoms with Crippen LogP contribution in [0, 0.1) is 0 Å². The van der Waals surface area contributed by atoms with E-state index in [2.05, 4.69) is 10.1 Å². The largest absolute Gasteiger partial charge is 0.335 e. The van der Waals surface area contributed by atoms with E-state index >= 15 is 0 Å². The topological polar surface area (TPSA) is 55.5 Å². The fourth-order valence-corrected chi connectivity index (χ4v) is 1.29. The van der Waals surface area contributed by atoms with Crippen LogP contribution in [-0.2, 0) is 11.2 Å². The van der Waals surface area contributed by atoms with E-state index in [1.807, 2.05) is 30.3 Å². The van der Waals surface area contributed by atoms with E-state index in [9.17, 15) is 4.79 Å². The minimum Gasteiger partial charge on any atom is -0.335 e. The van der Waals surface area contributed by atoms with Crippen LogP contribution in [0.15, 0.2) is 45.9 Å². The van der Waals surface area contributed by atoms with Crippen molar-refractivity contribution in [2.75, 3.05) is 0 Å². The molecule has 0 amide bonds.